The molecule has 1 aliphatic rings. The van der Waals surface area contributed by atoms with E-state index in [0.717, 1.165) is 45.0 Å². The van der Waals surface area contributed by atoms with Gasteiger partial charge < -0.3 is 9.72 Å². The molecule has 0 amide bonds. The molecule has 0 aliphatic heterocycles. The van der Waals surface area contributed by atoms with E-state index in [1.165, 1.54) is 6.33 Å². The summed E-state index contributed by atoms with van der Waals surface area (Å²) in [5.74, 6) is 1.47. The average molecular weight is 381 g/mol. The Morgan fingerprint density at radius 1 is 1.33 bits per heavy atom. The lowest BCUT2D eigenvalue weighted by atomic mass is 9.89. The van der Waals surface area contributed by atoms with Crippen LogP contribution in [-0.4, -0.2) is 37.5 Å². The minimum atomic E-state index is 0.379. The molecule has 8 heteroatoms. The monoisotopic (exact) mass is 381 g/mol. The number of rotatable bonds is 3. The summed E-state index contributed by atoms with van der Waals surface area (Å²) in [6.45, 7) is 2.08. The predicted octanol–water partition coefficient (Wildman–Crippen LogP) is 3.88. The van der Waals surface area contributed by atoms with Crippen LogP contribution >= 0.6 is 11.3 Å². The number of hydrogen-bond acceptors (Lipinski definition) is 6. The van der Waals surface area contributed by atoms with Crippen molar-refractivity contribution < 1.29 is 9.53 Å². The van der Waals surface area contributed by atoms with Crippen LogP contribution in [0.5, 0.6) is 5.75 Å². The second-order valence-electron chi connectivity index (χ2n) is 6.99. The third-order valence-corrected chi connectivity index (χ3v) is 6.49. The molecule has 27 heavy (non-hydrogen) atoms. The molecule has 0 aromatic carbocycles. The fourth-order valence-electron chi connectivity index (χ4n) is 3.83. The second-order valence-corrected chi connectivity index (χ2v) is 8.02. The first-order valence-corrected chi connectivity index (χ1v) is 9.84. The van der Waals surface area contributed by atoms with Crippen LogP contribution in [0.4, 0.5) is 0 Å². The van der Waals surface area contributed by atoms with Gasteiger partial charge in [-0.25, -0.2) is 14.5 Å². The standard InChI is InChI=1S/C19H19N5O2S/c1-10-15(12-7-14(26-2)17-20-9-21-24(17)8-12)22-19-16(10)23-18(27-19)11-3-5-13(25)6-4-11/h7-9,11,22H,3-6H2,1-2H3. The van der Waals surface area contributed by atoms with E-state index < -0.39 is 0 Å². The lowest BCUT2D eigenvalue weighted by molar-refractivity contribution is -0.120. The van der Waals surface area contributed by atoms with Gasteiger partial charge in [0, 0.05) is 36.1 Å². The van der Waals surface area contributed by atoms with Crippen LogP contribution in [0, 0.1) is 6.92 Å². The number of ketones is 1. The number of aromatic amines is 1. The molecule has 1 aliphatic carbocycles. The molecule has 5 rings (SSSR count). The summed E-state index contributed by atoms with van der Waals surface area (Å²) < 4.78 is 7.20. The van der Waals surface area contributed by atoms with E-state index in [9.17, 15) is 4.79 Å². The number of ether oxygens (including phenoxy) is 1. The van der Waals surface area contributed by atoms with Gasteiger partial charge in [-0.1, -0.05) is 0 Å². The van der Waals surface area contributed by atoms with Gasteiger partial charge in [0.1, 0.15) is 22.5 Å². The Kier molecular flexibility index (Phi) is 3.75. The zero-order chi connectivity index (χ0) is 18.5. The van der Waals surface area contributed by atoms with E-state index in [1.54, 1.807) is 23.0 Å². The minimum absolute atomic E-state index is 0.379. The number of H-pyrrole nitrogens is 1. The summed E-state index contributed by atoms with van der Waals surface area (Å²) >= 11 is 1.71. The van der Waals surface area contributed by atoms with Crippen molar-refractivity contribution in [3.8, 4) is 17.0 Å². The number of Topliss-reactive ketones (excluding diaryl/α,β-unsaturated/α-hetero) is 1. The van der Waals surface area contributed by atoms with Crippen LogP contribution in [0.25, 0.3) is 27.3 Å². The van der Waals surface area contributed by atoms with Gasteiger partial charge in [-0.2, -0.15) is 5.10 Å². The maximum atomic E-state index is 11.5. The third kappa shape index (κ3) is 2.63. The predicted molar refractivity (Wildman–Crippen MR) is 103 cm³/mol. The number of nitrogens with zero attached hydrogens (tertiary/aromatic N) is 4. The third-order valence-electron chi connectivity index (χ3n) is 5.35. The Balaban J connectivity index is 1.56. The van der Waals surface area contributed by atoms with Crippen LogP contribution in [0.1, 0.15) is 42.2 Å². The smallest absolute Gasteiger partial charge is 0.197 e. The number of carbonyl (C=O) groups excluding carboxylic acids is 1. The minimum Gasteiger partial charge on any atom is -0.493 e. The molecule has 1 fully saturated rings. The van der Waals surface area contributed by atoms with E-state index in [-0.39, 0.29) is 0 Å². The van der Waals surface area contributed by atoms with E-state index >= 15 is 0 Å². The van der Waals surface area contributed by atoms with Crippen LogP contribution < -0.4 is 4.74 Å². The van der Waals surface area contributed by atoms with E-state index in [4.69, 9.17) is 9.72 Å². The number of pyridine rings is 1. The van der Waals surface area contributed by atoms with Crippen molar-refractivity contribution in [3.63, 3.8) is 0 Å². The molecule has 138 valence electrons. The molecule has 0 saturated heterocycles. The first kappa shape index (κ1) is 16.4. The number of hydrogen-bond donors (Lipinski definition) is 1. The zero-order valence-corrected chi connectivity index (χ0v) is 16.0. The summed E-state index contributed by atoms with van der Waals surface area (Å²) in [6.07, 6.45) is 6.66. The Bertz CT molecular complexity index is 1160. The van der Waals surface area contributed by atoms with Gasteiger partial charge in [-0.05, 0) is 25.8 Å². The Morgan fingerprint density at radius 3 is 2.89 bits per heavy atom. The van der Waals surface area contributed by atoms with Crippen LogP contribution in [0.2, 0.25) is 0 Å². The molecule has 4 heterocycles. The summed E-state index contributed by atoms with van der Waals surface area (Å²) in [7, 11) is 1.64. The molecule has 0 unspecified atom stereocenters. The van der Waals surface area contributed by atoms with Gasteiger partial charge in [-0.3, -0.25) is 4.79 Å². The average Bonchev–Trinajstić information content (AvgIpc) is 3.37. The molecule has 1 saturated carbocycles. The Morgan fingerprint density at radius 2 is 2.15 bits per heavy atom. The van der Waals surface area contributed by atoms with Crippen LogP contribution in [0.15, 0.2) is 18.6 Å². The summed E-state index contributed by atoms with van der Waals surface area (Å²) in [6, 6.07) is 1.97. The van der Waals surface area contributed by atoms with Crippen LogP contribution in [0.3, 0.4) is 0 Å². The molecule has 4 aromatic heterocycles. The number of aromatic nitrogens is 5. The maximum absolute atomic E-state index is 11.5. The molecular formula is C19H19N5O2S. The van der Waals surface area contributed by atoms with Crippen molar-refractivity contribution in [3.05, 3.63) is 29.2 Å². The summed E-state index contributed by atoms with van der Waals surface area (Å²) in [5, 5.41) is 5.38. The highest BCUT2D eigenvalue weighted by Gasteiger charge is 2.25. The first-order chi connectivity index (χ1) is 13.1. The lowest BCUT2D eigenvalue weighted by Gasteiger charge is -2.18. The Hall–Kier alpha value is -2.74. The SMILES string of the molecule is COc1cc(-c2[nH]c3sc(C4CCC(=O)CC4)nc3c2C)cn2ncnc12. The molecule has 0 atom stereocenters. The largest absolute Gasteiger partial charge is 0.493 e. The number of aryl methyl sites for hydroxylation is 1. The highest BCUT2D eigenvalue weighted by molar-refractivity contribution is 7.18. The number of fused-ring (bicyclic) bond motifs is 2. The highest BCUT2D eigenvalue weighted by atomic mass is 32.1. The van der Waals surface area contributed by atoms with E-state index in [0.29, 0.717) is 35.9 Å². The number of carbonyl (C=O) groups is 1. The van der Waals surface area contributed by atoms with Gasteiger partial charge in [-0.15, -0.1) is 11.3 Å². The van der Waals surface area contributed by atoms with Crippen molar-refractivity contribution in [2.24, 2.45) is 0 Å². The van der Waals surface area contributed by atoms with Gasteiger partial charge >= 0.3 is 0 Å². The van der Waals surface area contributed by atoms with Crippen molar-refractivity contribution in [1.82, 2.24) is 24.6 Å². The van der Waals surface area contributed by atoms with Crippen molar-refractivity contribution in [1.29, 1.82) is 0 Å². The maximum Gasteiger partial charge on any atom is 0.197 e. The normalized spacial score (nSPS) is 15.9. The zero-order valence-electron chi connectivity index (χ0n) is 15.2. The molecule has 0 spiro atoms. The lowest BCUT2D eigenvalue weighted by Crippen LogP contribution is -2.12. The van der Waals surface area contributed by atoms with Gasteiger partial charge in [0.25, 0.3) is 0 Å². The number of nitrogens with one attached hydrogen (secondary N) is 1. The topological polar surface area (TPSA) is 85.2 Å². The molecule has 7 nitrogen and oxygen atoms in total. The molecule has 4 aromatic rings. The number of thiazole rings is 1. The quantitative estimate of drug-likeness (QED) is 0.582. The summed E-state index contributed by atoms with van der Waals surface area (Å²) in [4.78, 5) is 25.2. The van der Waals surface area contributed by atoms with Crippen LogP contribution in [-0.2, 0) is 4.79 Å². The van der Waals surface area contributed by atoms with Gasteiger partial charge in [0.15, 0.2) is 11.4 Å². The molecule has 1 N–H and O–H groups in total. The second kappa shape index (κ2) is 6.16. The van der Waals surface area contributed by atoms with Crippen molar-refractivity contribution in [2.75, 3.05) is 7.11 Å². The fraction of sp³-hybridized carbons (Fsp3) is 0.368. The number of methoxy groups -OCH3 is 1. The fourth-order valence-corrected chi connectivity index (χ4v) is 5.03. The molecular weight excluding hydrogens is 362 g/mol. The van der Waals surface area contributed by atoms with Gasteiger partial charge in [0.05, 0.1) is 17.8 Å². The Labute approximate surface area is 159 Å². The van der Waals surface area contributed by atoms with E-state index in [2.05, 4.69) is 22.0 Å². The molecule has 0 bridgehead atoms. The van der Waals surface area contributed by atoms with E-state index in [1.807, 2.05) is 12.3 Å². The van der Waals surface area contributed by atoms with Gasteiger partial charge in [0.2, 0.25) is 0 Å². The first-order valence-electron chi connectivity index (χ1n) is 9.02. The highest BCUT2D eigenvalue weighted by Crippen LogP contribution is 2.39. The summed E-state index contributed by atoms with van der Waals surface area (Å²) in [5.41, 5.74) is 4.82. The molecule has 0 radical (unpaired) electrons. The van der Waals surface area contributed by atoms with Crippen molar-refractivity contribution in [2.45, 2.75) is 38.5 Å². The van der Waals surface area contributed by atoms with Crippen molar-refractivity contribution >= 4 is 33.1 Å².